The molecule has 2 aliphatic rings. The van der Waals surface area contributed by atoms with Crippen LogP contribution in [0.2, 0.25) is 0 Å². The van der Waals surface area contributed by atoms with Crippen molar-refractivity contribution < 1.29 is 9.90 Å². The molecule has 2 aliphatic carbocycles. The molecule has 2 aromatic carbocycles. The number of phenolic OH excluding ortho intramolecular Hbond substituents is 1. The number of carbonyl (C=O) groups is 1. The van der Waals surface area contributed by atoms with Crippen LogP contribution in [0.15, 0.2) is 29.2 Å². The van der Waals surface area contributed by atoms with Crippen LogP contribution in [-0.4, -0.2) is 29.3 Å². The second-order valence-electron chi connectivity index (χ2n) is 7.85. The highest BCUT2D eigenvalue weighted by molar-refractivity contribution is 8.13. The van der Waals surface area contributed by atoms with E-state index in [9.17, 15) is 9.90 Å². The minimum atomic E-state index is 0.0243. The molecule has 0 bridgehead atoms. The Kier molecular flexibility index (Phi) is 5.18. The van der Waals surface area contributed by atoms with Gasteiger partial charge < -0.3 is 10.0 Å². The second-order valence-corrected chi connectivity index (χ2v) is 8.84. The highest BCUT2D eigenvalue weighted by Crippen LogP contribution is 2.46. The topological polar surface area (TPSA) is 40.5 Å². The van der Waals surface area contributed by atoms with Gasteiger partial charge in [-0.25, -0.2) is 0 Å². The molecule has 0 aliphatic heterocycles. The lowest BCUT2D eigenvalue weighted by Gasteiger charge is -2.27. The van der Waals surface area contributed by atoms with E-state index >= 15 is 0 Å². The summed E-state index contributed by atoms with van der Waals surface area (Å²) in [5.74, 6) is 0.355. The van der Waals surface area contributed by atoms with E-state index in [-0.39, 0.29) is 5.24 Å². The normalized spacial score (nSPS) is 15.8. The first-order chi connectivity index (χ1) is 13.1. The molecule has 0 saturated heterocycles. The third-order valence-corrected chi connectivity index (χ3v) is 6.92. The van der Waals surface area contributed by atoms with Crippen molar-refractivity contribution in [2.24, 2.45) is 0 Å². The second kappa shape index (κ2) is 7.59. The van der Waals surface area contributed by atoms with Crippen LogP contribution in [0.3, 0.4) is 0 Å². The molecule has 27 heavy (non-hydrogen) atoms. The van der Waals surface area contributed by atoms with E-state index in [1.165, 1.54) is 53.3 Å². The maximum absolute atomic E-state index is 12.5. The molecule has 1 N–H and O–H groups in total. The smallest absolute Gasteiger partial charge is 0.285 e. The maximum atomic E-state index is 12.5. The molecule has 142 valence electrons. The first kappa shape index (κ1) is 18.4. The molecule has 0 heterocycles. The summed E-state index contributed by atoms with van der Waals surface area (Å²) in [6, 6.07) is 8.22. The number of phenols is 1. The average Bonchev–Trinajstić information content (AvgIpc) is 2.68. The molecule has 0 unspecified atom stereocenters. The van der Waals surface area contributed by atoms with Crippen LogP contribution in [0.5, 0.6) is 5.75 Å². The Labute approximate surface area is 165 Å². The van der Waals surface area contributed by atoms with Crippen molar-refractivity contribution in [2.75, 3.05) is 14.1 Å². The van der Waals surface area contributed by atoms with Gasteiger partial charge in [-0.3, -0.25) is 4.79 Å². The van der Waals surface area contributed by atoms with E-state index < -0.39 is 0 Å². The standard InChI is InChI=1S/C23H27NO2S/c1-24(2)23(26)27-20-14-12-16-8-4-6-10-18(16)22(20)21-17-9-5-3-7-15(17)11-13-19(21)25/h11-14,25H,3-10H2,1-2H3. The number of hydrogen-bond acceptors (Lipinski definition) is 3. The Bertz CT molecular complexity index is 888. The van der Waals surface area contributed by atoms with E-state index in [2.05, 4.69) is 18.2 Å². The lowest BCUT2D eigenvalue weighted by atomic mass is 9.80. The number of fused-ring (bicyclic) bond motifs is 2. The quantitative estimate of drug-likeness (QED) is 0.689. The van der Waals surface area contributed by atoms with Crippen LogP contribution in [-0.2, 0) is 25.7 Å². The number of rotatable bonds is 2. The first-order valence-electron chi connectivity index (χ1n) is 9.94. The number of benzene rings is 2. The molecule has 2 aromatic rings. The van der Waals surface area contributed by atoms with Crippen molar-refractivity contribution >= 4 is 17.0 Å². The molecular weight excluding hydrogens is 354 g/mol. The van der Waals surface area contributed by atoms with Crippen LogP contribution in [0.4, 0.5) is 4.79 Å². The fourth-order valence-corrected chi connectivity index (χ4v) is 5.28. The van der Waals surface area contributed by atoms with Gasteiger partial charge in [0.25, 0.3) is 5.24 Å². The molecule has 4 rings (SSSR count). The zero-order valence-electron chi connectivity index (χ0n) is 16.2. The number of aromatic hydroxyl groups is 1. The summed E-state index contributed by atoms with van der Waals surface area (Å²) in [5, 5.41) is 10.9. The monoisotopic (exact) mass is 381 g/mol. The zero-order valence-corrected chi connectivity index (χ0v) is 17.0. The maximum Gasteiger partial charge on any atom is 0.285 e. The van der Waals surface area contributed by atoms with Crippen LogP contribution in [0, 0.1) is 0 Å². The van der Waals surface area contributed by atoms with Gasteiger partial charge in [0.15, 0.2) is 0 Å². The van der Waals surface area contributed by atoms with Gasteiger partial charge in [0.2, 0.25) is 0 Å². The molecule has 0 saturated carbocycles. The van der Waals surface area contributed by atoms with Gasteiger partial charge in [-0.1, -0.05) is 12.1 Å². The van der Waals surface area contributed by atoms with Gasteiger partial charge in [-0.2, -0.15) is 0 Å². The molecule has 0 aromatic heterocycles. The van der Waals surface area contributed by atoms with E-state index in [4.69, 9.17) is 0 Å². The summed E-state index contributed by atoms with van der Waals surface area (Å²) >= 11 is 1.28. The molecule has 4 heteroatoms. The van der Waals surface area contributed by atoms with E-state index in [0.29, 0.717) is 5.75 Å². The minimum Gasteiger partial charge on any atom is -0.507 e. The molecule has 0 fully saturated rings. The number of carbonyl (C=O) groups excluding carboxylic acids is 1. The molecule has 0 radical (unpaired) electrons. The third kappa shape index (κ3) is 3.47. The Morgan fingerprint density at radius 2 is 1.41 bits per heavy atom. The fourth-order valence-electron chi connectivity index (χ4n) is 4.45. The molecule has 1 amide bonds. The average molecular weight is 382 g/mol. The summed E-state index contributed by atoms with van der Waals surface area (Å²) in [6.45, 7) is 0. The molecule has 0 atom stereocenters. The van der Waals surface area contributed by atoms with Crippen LogP contribution < -0.4 is 0 Å². The number of aryl methyl sites for hydroxylation is 2. The molecular formula is C23H27NO2S. The van der Waals surface area contributed by atoms with Crippen molar-refractivity contribution in [1.82, 2.24) is 4.90 Å². The summed E-state index contributed by atoms with van der Waals surface area (Å²) in [6.07, 6.45) is 8.97. The first-order valence-corrected chi connectivity index (χ1v) is 10.8. The largest absolute Gasteiger partial charge is 0.507 e. The highest BCUT2D eigenvalue weighted by Gasteiger charge is 2.26. The number of hydrogen-bond donors (Lipinski definition) is 1. The SMILES string of the molecule is CN(C)C(=O)Sc1ccc2c(c1-c1c(O)ccc3c1CCCC3)CCCC2. The van der Waals surface area contributed by atoms with Gasteiger partial charge in [-0.15, -0.1) is 0 Å². The van der Waals surface area contributed by atoms with Crippen molar-refractivity contribution in [1.29, 1.82) is 0 Å². The van der Waals surface area contributed by atoms with Gasteiger partial charge in [0, 0.05) is 30.1 Å². The van der Waals surface area contributed by atoms with Gasteiger partial charge >= 0.3 is 0 Å². The van der Waals surface area contributed by atoms with Gasteiger partial charge in [0.05, 0.1) is 0 Å². The fraction of sp³-hybridized carbons (Fsp3) is 0.435. The van der Waals surface area contributed by atoms with E-state index in [1.54, 1.807) is 19.0 Å². The van der Waals surface area contributed by atoms with Crippen molar-refractivity contribution in [3.63, 3.8) is 0 Å². The molecule has 3 nitrogen and oxygen atoms in total. The Morgan fingerprint density at radius 1 is 0.852 bits per heavy atom. The predicted molar refractivity (Wildman–Crippen MR) is 112 cm³/mol. The number of amides is 1. The van der Waals surface area contributed by atoms with Crippen molar-refractivity contribution in [3.8, 4) is 16.9 Å². The summed E-state index contributed by atoms with van der Waals surface area (Å²) < 4.78 is 0. The van der Waals surface area contributed by atoms with Crippen molar-refractivity contribution in [2.45, 2.75) is 56.3 Å². The van der Waals surface area contributed by atoms with E-state index in [1.807, 2.05) is 6.07 Å². The number of thioether (sulfide) groups is 1. The highest BCUT2D eigenvalue weighted by atomic mass is 32.2. The Morgan fingerprint density at radius 3 is 2.04 bits per heavy atom. The predicted octanol–water partition coefficient (Wildman–Crippen LogP) is 5.59. The summed E-state index contributed by atoms with van der Waals surface area (Å²) in [7, 11) is 3.57. The minimum absolute atomic E-state index is 0.0243. The van der Waals surface area contributed by atoms with Crippen LogP contribution in [0.25, 0.3) is 11.1 Å². The summed E-state index contributed by atoms with van der Waals surface area (Å²) in [5.41, 5.74) is 7.47. The van der Waals surface area contributed by atoms with E-state index in [0.717, 1.165) is 48.1 Å². The van der Waals surface area contributed by atoms with Crippen LogP contribution >= 0.6 is 11.8 Å². The van der Waals surface area contributed by atoms with Gasteiger partial charge in [-0.05, 0) is 97.5 Å². The third-order valence-electron chi connectivity index (χ3n) is 5.82. The lowest BCUT2D eigenvalue weighted by Crippen LogP contribution is -2.16. The molecule has 0 spiro atoms. The lowest BCUT2D eigenvalue weighted by molar-refractivity contribution is 0.241. The Hall–Kier alpha value is -1.94. The summed E-state index contributed by atoms with van der Waals surface area (Å²) in [4.78, 5) is 15.1. The zero-order chi connectivity index (χ0) is 19.0. The van der Waals surface area contributed by atoms with Gasteiger partial charge in [0.1, 0.15) is 5.75 Å². The van der Waals surface area contributed by atoms with Crippen molar-refractivity contribution in [3.05, 3.63) is 46.5 Å². The van der Waals surface area contributed by atoms with Crippen LogP contribution in [0.1, 0.15) is 47.9 Å². The number of nitrogens with zero attached hydrogens (tertiary/aromatic N) is 1. The Balaban J connectivity index is 1.95.